The summed E-state index contributed by atoms with van der Waals surface area (Å²) in [7, 11) is 0. The number of nitrogens with two attached hydrogens (primary N) is 1. The van der Waals surface area contributed by atoms with Gasteiger partial charge in [0, 0.05) is 5.56 Å². The predicted octanol–water partition coefficient (Wildman–Crippen LogP) is 1.21. The Hall–Kier alpha value is -3.32. The van der Waals surface area contributed by atoms with Gasteiger partial charge in [0.1, 0.15) is 29.1 Å². The summed E-state index contributed by atoms with van der Waals surface area (Å²) in [5, 5.41) is 27.3. The number of nitriles is 2. The largest absolute Gasteiger partial charge is 0.505 e. The average molecular weight is 270 g/mol. The zero-order valence-electron chi connectivity index (χ0n) is 9.94. The van der Waals surface area contributed by atoms with Crippen LogP contribution in [0, 0.1) is 28.5 Å². The zero-order chi connectivity index (χ0) is 14.9. The van der Waals surface area contributed by atoms with Gasteiger partial charge in [0.15, 0.2) is 11.6 Å². The number of phenolic OH excluding ortho intramolecular Hbond substituents is 1. The summed E-state index contributed by atoms with van der Waals surface area (Å²) >= 11 is 0. The lowest BCUT2D eigenvalue weighted by Gasteiger charge is -2.09. The standard InChI is InChI=1S/C13H7FN4O2/c14-9-3-6(1-2-10(9)19)11-7(4-15)12(17)18-13(20)8(11)5-16/h1-3,19H,(H3,17,18,20). The van der Waals surface area contributed by atoms with E-state index >= 15 is 0 Å². The topological polar surface area (TPSA) is 127 Å². The second-order valence-corrected chi connectivity index (χ2v) is 3.88. The Morgan fingerprint density at radius 2 is 1.90 bits per heavy atom. The van der Waals surface area contributed by atoms with Crippen LogP contribution in [0.25, 0.3) is 11.1 Å². The molecular formula is C13H7FN4O2. The molecule has 0 fully saturated rings. The molecule has 0 amide bonds. The van der Waals surface area contributed by atoms with Gasteiger partial charge in [0.05, 0.1) is 0 Å². The number of aromatic amines is 1. The maximum absolute atomic E-state index is 13.4. The minimum Gasteiger partial charge on any atom is -0.505 e. The minimum absolute atomic E-state index is 0.0600. The monoisotopic (exact) mass is 270 g/mol. The highest BCUT2D eigenvalue weighted by molar-refractivity contribution is 5.80. The second kappa shape index (κ2) is 4.75. The molecule has 1 aromatic carbocycles. The van der Waals surface area contributed by atoms with E-state index in [4.69, 9.17) is 21.4 Å². The number of benzene rings is 1. The molecule has 2 aromatic rings. The first-order valence-corrected chi connectivity index (χ1v) is 5.34. The van der Waals surface area contributed by atoms with Crippen molar-refractivity contribution in [2.75, 3.05) is 5.73 Å². The highest BCUT2D eigenvalue weighted by atomic mass is 19.1. The molecule has 1 aromatic heterocycles. The number of aromatic hydroxyl groups is 1. The molecule has 2 rings (SSSR count). The van der Waals surface area contributed by atoms with Crippen LogP contribution in [-0.2, 0) is 0 Å². The quantitative estimate of drug-likeness (QED) is 0.717. The number of hydrogen-bond acceptors (Lipinski definition) is 5. The lowest BCUT2D eigenvalue weighted by atomic mass is 9.96. The Morgan fingerprint density at radius 3 is 2.45 bits per heavy atom. The molecule has 0 aliphatic rings. The van der Waals surface area contributed by atoms with E-state index < -0.39 is 17.1 Å². The third-order valence-electron chi connectivity index (χ3n) is 2.70. The molecule has 7 heteroatoms. The summed E-state index contributed by atoms with van der Waals surface area (Å²) in [5.74, 6) is -1.72. The van der Waals surface area contributed by atoms with E-state index in [-0.39, 0.29) is 28.1 Å². The third-order valence-corrected chi connectivity index (χ3v) is 2.70. The van der Waals surface area contributed by atoms with Crippen molar-refractivity contribution in [3.63, 3.8) is 0 Å². The smallest absolute Gasteiger partial charge is 0.268 e. The van der Waals surface area contributed by atoms with Crippen molar-refractivity contribution in [1.82, 2.24) is 4.98 Å². The normalized spacial score (nSPS) is 9.75. The summed E-state index contributed by atoms with van der Waals surface area (Å²) in [6.07, 6.45) is 0. The maximum atomic E-state index is 13.4. The van der Waals surface area contributed by atoms with Gasteiger partial charge in [-0.2, -0.15) is 10.5 Å². The number of H-pyrrole nitrogens is 1. The summed E-state index contributed by atoms with van der Waals surface area (Å²) in [5.41, 5.74) is 4.32. The van der Waals surface area contributed by atoms with E-state index in [0.717, 1.165) is 12.1 Å². The van der Waals surface area contributed by atoms with E-state index in [1.165, 1.54) is 6.07 Å². The highest BCUT2D eigenvalue weighted by Crippen LogP contribution is 2.30. The number of anilines is 1. The van der Waals surface area contributed by atoms with Gasteiger partial charge in [-0.3, -0.25) is 4.79 Å². The van der Waals surface area contributed by atoms with Crippen LogP contribution in [0.1, 0.15) is 11.1 Å². The Labute approximate surface area is 112 Å². The predicted molar refractivity (Wildman–Crippen MR) is 68.0 cm³/mol. The van der Waals surface area contributed by atoms with Crippen LogP contribution in [0.5, 0.6) is 5.75 Å². The van der Waals surface area contributed by atoms with Crippen molar-refractivity contribution in [1.29, 1.82) is 10.5 Å². The van der Waals surface area contributed by atoms with Crippen LogP contribution in [0.15, 0.2) is 23.0 Å². The fourth-order valence-corrected chi connectivity index (χ4v) is 1.79. The van der Waals surface area contributed by atoms with E-state index in [1.807, 2.05) is 0 Å². The summed E-state index contributed by atoms with van der Waals surface area (Å²) in [6, 6.07) is 6.70. The van der Waals surface area contributed by atoms with Gasteiger partial charge in [-0.25, -0.2) is 4.39 Å². The molecule has 0 bridgehead atoms. The molecular weight excluding hydrogens is 263 g/mol. The first kappa shape index (κ1) is 13.1. The second-order valence-electron chi connectivity index (χ2n) is 3.88. The van der Waals surface area contributed by atoms with E-state index in [0.29, 0.717) is 0 Å². The van der Waals surface area contributed by atoms with E-state index in [1.54, 1.807) is 12.1 Å². The molecule has 4 N–H and O–H groups in total. The van der Waals surface area contributed by atoms with Gasteiger partial charge in [-0.15, -0.1) is 0 Å². The van der Waals surface area contributed by atoms with Crippen molar-refractivity contribution in [2.45, 2.75) is 0 Å². The number of pyridine rings is 1. The number of aromatic nitrogens is 1. The molecule has 0 spiro atoms. The zero-order valence-corrected chi connectivity index (χ0v) is 9.94. The number of halogens is 1. The van der Waals surface area contributed by atoms with Gasteiger partial charge in [-0.05, 0) is 17.7 Å². The van der Waals surface area contributed by atoms with Gasteiger partial charge >= 0.3 is 0 Å². The van der Waals surface area contributed by atoms with Crippen LogP contribution < -0.4 is 11.3 Å². The van der Waals surface area contributed by atoms with Gasteiger partial charge in [0.2, 0.25) is 0 Å². The van der Waals surface area contributed by atoms with Crippen LogP contribution in [0.2, 0.25) is 0 Å². The van der Waals surface area contributed by atoms with Crippen LogP contribution >= 0.6 is 0 Å². The minimum atomic E-state index is -0.936. The van der Waals surface area contributed by atoms with Gasteiger partial charge < -0.3 is 15.8 Å². The number of nitrogens with one attached hydrogen (secondary N) is 1. The molecule has 0 unspecified atom stereocenters. The molecule has 6 nitrogen and oxygen atoms in total. The molecule has 1 heterocycles. The van der Waals surface area contributed by atoms with E-state index in [2.05, 4.69) is 4.98 Å². The Balaban J connectivity index is 2.92. The average Bonchev–Trinajstić information content (AvgIpc) is 2.41. The lowest BCUT2D eigenvalue weighted by Crippen LogP contribution is -2.16. The van der Waals surface area contributed by atoms with Crippen molar-refractivity contribution < 1.29 is 9.50 Å². The van der Waals surface area contributed by atoms with Crippen LogP contribution in [0.4, 0.5) is 10.2 Å². The molecule has 0 saturated heterocycles. The lowest BCUT2D eigenvalue weighted by molar-refractivity contribution is 0.432. The molecule has 0 aliphatic heterocycles. The number of hydrogen-bond donors (Lipinski definition) is 3. The summed E-state index contributed by atoms with van der Waals surface area (Å²) in [6.45, 7) is 0. The first-order valence-electron chi connectivity index (χ1n) is 5.34. The molecule has 20 heavy (non-hydrogen) atoms. The molecule has 98 valence electrons. The molecule has 0 atom stereocenters. The molecule has 0 aliphatic carbocycles. The SMILES string of the molecule is N#Cc1c(N)[nH]c(=O)c(C#N)c1-c1ccc(O)c(F)c1. The van der Waals surface area contributed by atoms with Gasteiger partial charge in [0.25, 0.3) is 5.56 Å². The summed E-state index contributed by atoms with van der Waals surface area (Å²) in [4.78, 5) is 13.9. The van der Waals surface area contributed by atoms with Crippen molar-refractivity contribution in [2.24, 2.45) is 0 Å². The Kier molecular flexibility index (Phi) is 3.11. The Bertz CT molecular complexity index is 843. The maximum Gasteiger partial charge on any atom is 0.268 e. The van der Waals surface area contributed by atoms with Crippen molar-refractivity contribution in [3.8, 4) is 29.0 Å². The van der Waals surface area contributed by atoms with Crippen LogP contribution in [0.3, 0.4) is 0 Å². The Morgan fingerprint density at radius 1 is 1.25 bits per heavy atom. The number of nitrogen functional groups attached to an aromatic ring is 1. The number of rotatable bonds is 1. The fourth-order valence-electron chi connectivity index (χ4n) is 1.79. The fraction of sp³-hybridized carbons (Fsp3) is 0. The summed E-state index contributed by atoms with van der Waals surface area (Å²) < 4.78 is 13.4. The van der Waals surface area contributed by atoms with Gasteiger partial charge in [-0.1, -0.05) is 6.07 Å². The number of nitrogens with zero attached hydrogens (tertiary/aromatic N) is 2. The molecule has 0 radical (unpaired) electrons. The number of phenols is 1. The van der Waals surface area contributed by atoms with E-state index in [9.17, 15) is 9.18 Å². The van der Waals surface area contributed by atoms with Crippen molar-refractivity contribution >= 4 is 5.82 Å². The molecule has 0 saturated carbocycles. The van der Waals surface area contributed by atoms with Crippen molar-refractivity contribution in [3.05, 3.63) is 45.5 Å². The van der Waals surface area contributed by atoms with Crippen LogP contribution in [-0.4, -0.2) is 10.1 Å². The third kappa shape index (κ3) is 1.93. The highest BCUT2D eigenvalue weighted by Gasteiger charge is 2.18. The first-order chi connectivity index (χ1) is 9.49.